The Kier molecular flexibility index (Phi) is 7.19. The van der Waals surface area contributed by atoms with E-state index in [2.05, 4.69) is 17.2 Å². The third kappa shape index (κ3) is 5.30. The SMILES string of the molecule is CCc1ccc(NC(=O)[C@@H]2CCCN(S(=O)(=O)c3c[nH]c(C(=O)N4CCCCC4)c3)C2)cc1. The molecule has 0 unspecified atom stereocenters. The Morgan fingerprint density at radius 1 is 1.06 bits per heavy atom. The van der Waals surface area contributed by atoms with Gasteiger partial charge < -0.3 is 15.2 Å². The lowest BCUT2D eigenvalue weighted by Crippen LogP contribution is -2.43. The van der Waals surface area contributed by atoms with Crippen molar-refractivity contribution >= 4 is 27.5 Å². The fourth-order valence-electron chi connectivity index (χ4n) is 4.51. The highest BCUT2D eigenvalue weighted by atomic mass is 32.2. The van der Waals surface area contributed by atoms with E-state index in [1.807, 2.05) is 24.3 Å². The molecule has 2 aliphatic heterocycles. The number of aromatic nitrogens is 1. The maximum absolute atomic E-state index is 13.2. The van der Waals surface area contributed by atoms with E-state index < -0.39 is 15.9 Å². The van der Waals surface area contributed by atoms with Gasteiger partial charge in [-0.05, 0) is 62.3 Å². The number of benzene rings is 1. The summed E-state index contributed by atoms with van der Waals surface area (Å²) < 4.78 is 27.9. The first-order valence-electron chi connectivity index (χ1n) is 11.8. The van der Waals surface area contributed by atoms with Crippen LogP contribution in [0.1, 0.15) is 55.1 Å². The Labute approximate surface area is 195 Å². The highest BCUT2D eigenvalue weighted by Crippen LogP contribution is 2.26. The molecule has 9 heteroatoms. The van der Waals surface area contributed by atoms with Gasteiger partial charge in [0.25, 0.3) is 5.91 Å². The zero-order valence-corrected chi connectivity index (χ0v) is 19.9. The average Bonchev–Trinajstić information content (AvgIpc) is 3.36. The molecule has 0 spiro atoms. The molecular formula is C24H32N4O4S. The molecule has 2 amide bonds. The topological polar surface area (TPSA) is 103 Å². The van der Waals surface area contributed by atoms with Crippen LogP contribution in [0.25, 0.3) is 0 Å². The minimum absolute atomic E-state index is 0.0686. The van der Waals surface area contributed by atoms with E-state index in [0.717, 1.165) is 25.7 Å². The van der Waals surface area contributed by atoms with Crippen LogP contribution in [0.15, 0.2) is 41.4 Å². The molecule has 0 radical (unpaired) electrons. The van der Waals surface area contributed by atoms with Crippen molar-refractivity contribution in [3.05, 3.63) is 47.8 Å². The van der Waals surface area contributed by atoms with E-state index in [-0.39, 0.29) is 28.9 Å². The second-order valence-corrected chi connectivity index (χ2v) is 10.8. The van der Waals surface area contributed by atoms with Crippen molar-refractivity contribution in [2.45, 2.75) is 50.3 Å². The van der Waals surface area contributed by atoms with Gasteiger partial charge in [-0.1, -0.05) is 19.1 Å². The molecule has 2 saturated heterocycles. The van der Waals surface area contributed by atoms with Crippen LogP contribution in [0.2, 0.25) is 0 Å². The summed E-state index contributed by atoms with van der Waals surface area (Å²) >= 11 is 0. The fraction of sp³-hybridized carbons (Fsp3) is 0.500. The maximum Gasteiger partial charge on any atom is 0.270 e. The van der Waals surface area contributed by atoms with E-state index in [0.29, 0.717) is 38.2 Å². The van der Waals surface area contributed by atoms with Gasteiger partial charge in [0.05, 0.1) is 5.92 Å². The lowest BCUT2D eigenvalue weighted by Gasteiger charge is -2.31. The van der Waals surface area contributed by atoms with Crippen LogP contribution >= 0.6 is 0 Å². The number of amides is 2. The Morgan fingerprint density at radius 3 is 2.48 bits per heavy atom. The number of aromatic amines is 1. The Morgan fingerprint density at radius 2 is 1.79 bits per heavy atom. The van der Waals surface area contributed by atoms with Gasteiger partial charge in [0.15, 0.2) is 0 Å². The minimum atomic E-state index is -3.80. The van der Waals surface area contributed by atoms with E-state index in [1.54, 1.807) is 4.90 Å². The van der Waals surface area contributed by atoms with E-state index in [9.17, 15) is 18.0 Å². The van der Waals surface area contributed by atoms with E-state index >= 15 is 0 Å². The Hall–Kier alpha value is -2.65. The summed E-state index contributed by atoms with van der Waals surface area (Å²) in [4.78, 5) is 30.2. The molecule has 1 aromatic carbocycles. The number of aryl methyl sites for hydroxylation is 1. The van der Waals surface area contributed by atoms with Gasteiger partial charge in [0.2, 0.25) is 15.9 Å². The zero-order valence-electron chi connectivity index (χ0n) is 19.0. The van der Waals surface area contributed by atoms with Crippen molar-refractivity contribution in [2.24, 2.45) is 5.92 Å². The van der Waals surface area contributed by atoms with Gasteiger partial charge in [-0.15, -0.1) is 0 Å². The van der Waals surface area contributed by atoms with Gasteiger partial charge in [-0.3, -0.25) is 9.59 Å². The smallest absolute Gasteiger partial charge is 0.270 e. The second-order valence-electron chi connectivity index (χ2n) is 8.84. The number of piperidine rings is 2. The predicted octanol–water partition coefficient (Wildman–Crippen LogP) is 3.24. The number of carbonyl (C=O) groups excluding carboxylic acids is 2. The van der Waals surface area contributed by atoms with Gasteiger partial charge in [0, 0.05) is 38.1 Å². The number of carbonyl (C=O) groups is 2. The highest BCUT2D eigenvalue weighted by Gasteiger charge is 2.34. The summed E-state index contributed by atoms with van der Waals surface area (Å²) in [7, 11) is -3.80. The first-order chi connectivity index (χ1) is 15.9. The average molecular weight is 473 g/mol. The zero-order chi connectivity index (χ0) is 23.4. The second kappa shape index (κ2) is 10.1. The predicted molar refractivity (Wildman–Crippen MR) is 126 cm³/mol. The molecule has 1 aromatic heterocycles. The van der Waals surface area contributed by atoms with Crippen molar-refractivity contribution in [3.8, 4) is 0 Å². The van der Waals surface area contributed by atoms with E-state index in [4.69, 9.17) is 0 Å². The number of hydrogen-bond donors (Lipinski definition) is 2. The van der Waals surface area contributed by atoms with Gasteiger partial charge in [-0.25, -0.2) is 8.42 Å². The molecule has 33 heavy (non-hydrogen) atoms. The lowest BCUT2D eigenvalue weighted by molar-refractivity contribution is -0.120. The third-order valence-corrected chi connectivity index (χ3v) is 8.40. The molecule has 0 bridgehead atoms. The molecular weight excluding hydrogens is 440 g/mol. The molecule has 2 aliphatic rings. The van der Waals surface area contributed by atoms with Gasteiger partial charge >= 0.3 is 0 Å². The molecule has 4 rings (SSSR count). The van der Waals surface area contributed by atoms with Crippen molar-refractivity contribution in [1.82, 2.24) is 14.2 Å². The quantitative estimate of drug-likeness (QED) is 0.674. The molecule has 2 aromatic rings. The standard InChI is InChI=1S/C24H32N4O4S/c1-2-18-8-10-20(11-9-18)26-23(29)19-7-6-14-28(17-19)33(31,32)21-15-22(25-16-21)24(30)27-12-4-3-5-13-27/h8-11,15-16,19,25H,2-7,12-14,17H2,1H3,(H,26,29)/t19-/m1/s1. The molecule has 1 atom stereocenters. The van der Waals surface area contributed by atoms with Crippen LogP contribution < -0.4 is 5.32 Å². The summed E-state index contributed by atoms with van der Waals surface area (Å²) in [6, 6.07) is 9.11. The Balaban J connectivity index is 1.42. The first kappa shape index (κ1) is 23.5. The van der Waals surface area contributed by atoms with E-state index in [1.165, 1.54) is 22.1 Å². The van der Waals surface area contributed by atoms with Crippen LogP contribution in [0.5, 0.6) is 0 Å². The highest BCUT2D eigenvalue weighted by molar-refractivity contribution is 7.89. The number of H-pyrrole nitrogens is 1. The number of anilines is 1. The molecule has 3 heterocycles. The number of hydrogen-bond acceptors (Lipinski definition) is 4. The number of likely N-dealkylation sites (tertiary alicyclic amines) is 1. The van der Waals surface area contributed by atoms with Crippen molar-refractivity contribution < 1.29 is 18.0 Å². The van der Waals surface area contributed by atoms with Crippen LogP contribution in [0.3, 0.4) is 0 Å². The summed E-state index contributed by atoms with van der Waals surface area (Å²) in [5.41, 5.74) is 2.19. The third-order valence-electron chi connectivity index (χ3n) is 6.55. The van der Waals surface area contributed by atoms with Crippen molar-refractivity contribution in [1.29, 1.82) is 0 Å². The summed E-state index contributed by atoms with van der Waals surface area (Å²) in [5, 5.41) is 2.91. The summed E-state index contributed by atoms with van der Waals surface area (Å²) in [6.07, 6.45) is 6.60. The molecule has 2 fully saturated rings. The molecule has 2 N–H and O–H groups in total. The van der Waals surface area contributed by atoms with Crippen molar-refractivity contribution in [2.75, 3.05) is 31.5 Å². The molecule has 8 nitrogen and oxygen atoms in total. The van der Waals surface area contributed by atoms with Gasteiger partial charge in [-0.2, -0.15) is 4.31 Å². The number of nitrogens with one attached hydrogen (secondary N) is 2. The van der Waals surface area contributed by atoms with Crippen LogP contribution in [0, 0.1) is 5.92 Å². The molecule has 0 saturated carbocycles. The lowest BCUT2D eigenvalue weighted by atomic mass is 9.98. The Bertz CT molecular complexity index is 1090. The maximum atomic E-state index is 13.2. The number of rotatable bonds is 6. The van der Waals surface area contributed by atoms with Crippen LogP contribution in [-0.2, 0) is 21.2 Å². The van der Waals surface area contributed by atoms with Crippen LogP contribution in [-0.4, -0.2) is 60.6 Å². The van der Waals surface area contributed by atoms with Gasteiger partial charge in [0.1, 0.15) is 10.6 Å². The number of nitrogens with zero attached hydrogens (tertiary/aromatic N) is 2. The molecule has 0 aliphatic carbocycles. The first-order valence-corrected chi connectivity index (χ1v) is 13.2. The normalized spacial score (nSPS) is 19.9. The number of sulfonamides is 1. The summed E-state index contributed by atoms with van der Waals surface area (Å²) in [6.45, 7) is 3.95. The van der Waals surface area contributed by atoms with Crippen molar-refractivity contribution in [3.63, 3.8) is 0 Å². The monoisotopic (exact) mass is 472 g/mol. The fourth-order valence-corrected chi connectivity index (χ4v) is 6.02. The minimum Gasteiger partial charge on any atom is -0.356 e. The summed E-state index contributed by atoms with van der Waals surface area (Å²) in [5.74, 6) is -0.761. The largest absolute Gasteiger partial charge is 0.356 e. The van der Waals surface area contributed by atoms with Crippen LogP contribution in [0.4, 0.5) is 5.69 Å². The molecule has 178 valence electrons.